The van der Waals surface area contributed by atoms with Gasteiger partial charge in [0.05, 0.1) is 17.7 Å². The summed E-state index contributed by atoms with van der Waals surface area (Å²) < 4.78 is 0. The molecule has 1 aliphatic carbocycles. The van der Waals surface area contributed by atoms with E-state index in [1.54, 1.807) is 0 Å². The van der Waals surface area contributed by atoms with Crippen LogP contribution in [-0.4, -0.2) is 20.8 Å². The van der Waals surface area contributed by atoms with Gasteiger partial charge in [0.25, 0.3) is 0 Å². The van der Waals surface area contributed by atoms with E-state index in [0.29, 0.717) is 13.1 Å². The second-order valence-electron chi connectivity index (χ2n) is 8.52. The van der Waals surface area contributed by atoms with Crippen LogP contribution >= 0.6 is 0 Å². The minimum Gasteiger partial charge on any atom is -0.332 e. The van der Waals surface area contributed by atoms with Gasteiger partial charge in [-0.25, -0.2) is 9.97 Å². The van der Waals surface area contributed by atoms with Gasteiger partial charge in [0, 0.05) is 23.7 Å². The number of nitrogens with zero attached hydrogens (tertiary/aromatic N) is 3. The molecule has 0 N–H and O–H groups in total. The van der Waals surface area contributed by atoms with Crippen LogP contribution in [0.5, 0.6) is 0 Å². The van der Waals surface area contributed by atoms with Crippen LogP contribution in [0.1, 0.15) is 61.8 Å². The Kier molecular flexibility index (Phi) is 3.50. The first-order valence-corrected chi connectivity index (χ1v) is 9.01. The normalized spacial score (nSPS) is 18.2. The average molecular weight is 335 g/mol. The van der Waals surface area contributed by atoms with Gasteiger partial charge in [-0.15, -0.1) is 0 Å². The molecule has 2 aliphatic rings. The third kappa shape index (κ3) is 2.74. The fraction of sp³-hybridized carbons (Fsp3) is 0.476. The Balaban J connectivity index is 1.57. The van der Waals surface area contributed by atoms with Gasteiger partial charge in [-0.2, -0.15) is 0 Å². The van der Waals surface area contributed by atoms with Crippen molar-refractivity contribution >= 4 is 5.91 Å². The lowest BCUT2D eigenvalue weighted by molar-refractivity contribution is -0.134. The Morgan fingerprint density at radius 2 is 1.80 bits per heavy atom. The smallest absolute Gasteiger partial charge is 0.233 e. The van der Waals surface area contributed by atoms with E-state index in [9.17, 15) is 4.79 Å². The molecule has 0 radical (unpaired) electrons. The van der Waals surface area contributed by atoms with Crippen molar-refractivity contribution in [2.45, 2.75) is 64.5 Å². The van der Waals surface area contributed by atoms with Crippen molar-refractivity contribution in [3.63, 3.8) is 0 Å². The molecule has 0 unspecified atom stereocenters. The van der Waals surface area contributed by atoms with Crippen LogP contribution in [0.25, 0.3) is 0 Å². The van der Waals surface area contributed by atoms with Crippen LogP contribution in [0.2, 0.25) is 0 Å². The van der Waals surface area contributed by atoms with Crippen LogP contribution in [0.3, 0.4) is 0 Å². The van der Waals surface area contributed by atoms with Gasteiger partial charge in [0.2, 0.25) is 5.91 Å². The van der Waals surface area contributed by atoms with Crippen LogP contribution in [0.15, 0.2) is 30.5 Å². The van der Waals surface area contributed by atoms with Crippen LogP contribution in [-0.2, 0) is 28.7 Å². The fourth-order valence-electron chi connectivity index (χ4n) is 3.58. The molecular formula is C21H25N3O. The number of fused-ring (bicyclic) bond motifs is 1. The van der Waals surface area contributed by atoms with Gasteiger partial charge in [-0.1, -0.05) is 50.6 Å². The number of carbonyl (C=O) groups excluding carboxylic acids is 1. The molecule has 130 valence electrons. The van der Waals surface area contributed by atoms with E-state index in [0.717, 1.165) is 35.5 Å². The van der Waals surface area contributed by atoms with Crippen molar-refractivity contribution in [3.05, 3.63) is 58.7 Å². The Hall–Kier alpha value is -2.23. The molecule has 1 aromatic heterocycles. The second kappa shape index (κ2) is 5.38. The van der Waals surface area contributed by atoms with E-state index in [4.69, 9.17) is 4.98 Å². The largest absolute Gasteiger partial charge is 0.332 e. The lowest BCUT2D eigenvalue weighted by Crippen LogP contribution is -2.35. The first kappa shape index (κ1) is 16.2. The molecule has 0 saturated heterocycles. The van der Waals surface area contributed by atoms with Gasteiger partial charge in [-0.3, -0.25) is 4.79 Å². The molecule has 0 spiro atoms. The molecule has 1 amide bonds. The predicted octanol–water partition coefficient (Wildman–Crippen LogP) is 3.66. The van der Waals surface area contributed by atoms with Crippen molar-refractivity contribution in [1.29, 1.82) is 0 Å². The number of amides is 1. The van der Waals surface area contributed by atoms with E-state index in [1.165, 1.54) is 5.56 Å². The summed E-state index contributed by atoms with van der Waals surface area (Å²) in [6.07, 6.45) is 3.79. The SMILES string of the molecule is Cc1ccc(C2(C(=O)N3Cc4cnc(C(C)(C)C)nc4C3)CC2)cc1. The van der Waals surface area contributed by atoms with Crippen molar-refractivity contribution in [3.8, 4) is 0 Å². The minimum absolute atomic E-state index is 0.0773. The van der Waals surface area contributed by atoms with Gasteiger partial charge in [-0.05, 0) is 25.3 Å². The van der Waals surface area contributed by atoms with Gasteiger partial charge in [0.1, 0.15) is 5.82 Å². The summed E-state index contributed by atoms with van der Waals surface area (Å²) in [6.45, 7) is 9.66. The highest BCUT2D eigenvalue weighted by Gasteiger charge is 2.53. The van der Waals surface area contributed by atoms with E-state index < -0.39 is 0 Å². The molecule has 1 aromatic carbocycles. The average Bonchev–Trinajstić information content (AvgIpc) is 3.26. The number of aryl methyl sites for hydroxylation is 1. The standard InChI is InChI=1S/C21H25N3O/c1-14-5-7-16(8-6-14)21(9-10-21)19(25)24-12-15-11-22-18(20(2,3)4)23-17(15)13-24/h5-8,11H,9-10,12-13H2,1-4H3. The lowest BCUT2D eigenvalue weighted by atomic mass is 9.93. The zero-order valence-corrected chi connectivity index (χ0v) is 15.5. The maximum Gasteiger partial charge on any atom is 0.233 e. The molecule has 4 rings (SSSR count). The Bertz CT molecular complexity index is 829. The van der Waals surface area contributed by atoms with Crippen LogP contribution in [0, 0.1) is 6.92 Å². The maximum absolute atomic E-state index is 13.2. The number of hydrogen-bond acceptors (Lipinski definition) is 3. The first-order valence-electron chi connectivity index (χ1n) is 9.01. The minimum atomic E-state index is -0.309. The summed E-state index contributed by atoms with van der Waals surface area (Å²) in [5.74, 6) is 1.09. The van der Waals surface area contributed by atoms with Crippen molar-refractivity contribution < 1.29 is 4.79 Å². The zero-order chi connectivity index (χ0) is 17.8. The molecule has 2 aromatic rings. The molecule has 2 heterocycles. The Morgan fingerprint density at radius 3 is 2.40 bits per heavy atom. The zero-order valence-electron chi connectivity index (χ0n) is 15.5. The highest BCUT2D eigenvalue weighted by molar-refractivity contribution is 5.91. The molecule has 0 atom stereocenters. The third-order valence-corrected chi connectivity index (χ3v) is 5.38. The number of carbonyl (C=O) groups is 1. The first-order chi connectivity index (χ1) is 11.8. The summed E-state index contributed by atoms with van der Waals surface area (Å²) in [4.78, 5) is 24.5. The van der Waals surface area contributed by atoms with Gasteiger partial charge >= 0.3 is 0 Å². The van der Waals surface area contributed by atoms with E-state index in [1.807, 2.05) is 11.1 Å². The summed E-state index contributed by atoms with van der Waals surface area (Å²) in [6, 6.07) is 8.42. The lowest BCUT2D eigenvalue weighted by Gasteiger charge is -2.23. The molecule has 1 saturated carbocycles. The van der Waals surface area contributed by atoms with Crippen molar-refractivity contribution in [2.75, 3.05) is 0 Å². The fourth-order valence-corrected chi connectivity index (χ4v) is 3.58. The summed E-state index contributed by atoms with van der Waals surface area (Å²) >= 11 is 0. The summed E-state index contributed by atoms with van der Waals surface area (Å²) in [5.41, 5.74) is 4.09. The van der Waals surface area contributed by atoms with E-state index in [-0.39, 0.29) is 16.7 Å². The molecular weight excluding hydrogens is 310 g/mol. The molecule has 0 bridgehead atoms. The molecule has 25 heavy (non-hydrogen) atoms. The number of rotatable bonds is 2. The van der Waals surface area contributed by atoms with Gasteiger partial charge in [0.15, 0.2) is 0 Å². The highest BCUT2D eigenvalue weighted by atomic mass is 16.2. The number of aromatic nitrogens is 2. The molecule has 1 fully saturated rings. The highest BCUT2D eigenvalue weighted by Crippen LogP contribution is 2.50. The quantitative estimate of drug-likeness (QED) is 0.841. The van der Waals surface area contributed by atoms with Crippen LogP contribution in [0.4, 0.5) is 0 Å². The Morgan fingerprint density at radius 1 is 1.12 bits per heavy atom. The number of hydrogen-bond donors (Lipinski definition) is 0. The maximum atomic E-state index is 13.2. The Labute approximate surface area is 149 Å². The third-order valence-electron chi connectivity index (χ3n) is 5.38. The van der Waals surface area contributed by atoms with Crippen molar-refractivity contribution in [1.82, 2.24) is 14.9 Å². The van der Waals surface area contributed by atoms with E-state index in [2.05, 4.69) is 56.9 Å². The topological polar surface area (TPSA) is 46.1 Å². The molecule has 4 heteroatoms. The molecule has 4 nitrogen and oxygen atoms in total. The second-order valence-corrected chi connectivity index (χ2v) is 8.52. The monoisotopic (exact) mass is 335 g/mol. The van der Waals surface area contributed by atoms with E-state index >= 15 is 0 Å². The van der Waals surface area contributed by atoms with Crippen LogP contribution < -0.4 is 0 Å². The molecule has 1 aliphatic heterocycles. The van der Waals surface area contributed by atoms with Gasteiger partial charge < -0.3 is 4.90 Å². The van der Waals surface area contributed by atoms with Crippen molar-refractivity contribution in [2.24, 2.45) is 0 Å². The summed E-state index contributed by atoms with van der Waals surface area (Å²) in [7, 11) is 0. The summed E-state index contributed by atoms with van der Waals surface area (Å²) in [5, 5.41) is 0. The number of benzene rings is 1. The predicted molar refractivity (Wildman–Crippen MR) is 97.1 cm³/mol.